The minimum Gasteiger partial charge on any atom is -0.453 e. The summed E-state index contributed by atoms with van der Waals surface area (Å²) in [5, 5.41) is 9.49. The van der Waals surface area contributed by atoms with Crippen LogP contribution in [0.1, 0.15) is 16.1 Å². The maximum absolute atomic E-state index is 10.6. The molecule has 3 nitrogen and oxygen atoms in total. The van der Waals surface area contributed by atoms with Crippen LogP contribution in [-0.2, 0) is 0 Å². The molecule has 1 aromatic heterocycles. The van der Waals surface area contributed by atoms with Crippen LogP contribution in [0, 0.1) is 11.3 Å². The second-order valence-corrected chi connectivity index (χ2v) is 5.42. The van der Waals surface area contributed by atoms with Crippen LogP contribution in [0.15, 0.2) is 31.6 Å². The molecule has 0 spiro atoms. The Balaban J connectivity index is 2.74. The van der Waals surface area contributed by atoms with Crippen molar-refractivity contribution in [1.82, 2.24) is 0 Å². The first-order valence-corrected chi connectivity index (χ1v) is 6.68. The van der Waals surface area contributed by atoms with Gasteiger partial charge in [0.25, 0.3) is 0 Å². The van der Waals surface area contributed by atoms with Crippen molar-refractivity contribution in [2.45, 2.75) is 0 Å². The lowest BCUT2D eigenvalue weighted by Gasteiger charge is -2.07. The minimum atomic E-state index is 0.194. The smallest absolute Gasteiger partial charge is 0.185 e. The number of hydrogen-bond donors (Lipinski definition) is 0. The highest BCUT2D eigenvalue weighted by atomic mass is 79.9. The third-order valence-electron chi connectivity index (χ3n) is 2.27. The fourth-order valence-corrected chi connectivity index (χ4v) is 3.04. The predicted molar refractivity (Wildman–Crippen MR) is 74.7 cm³/mol. The highest BCUT2D eigenvalue weighted by Gasteiger charge is 2.18. The number of carbonyl (C=O) groups excluding carboxylic acids is 1. The van der Waals surface area contributed by atoms with E-state index in [1.54, 1.807) is 12.1 Å². The lowest BCUT2D eigenvalue weighted by molar-refractivity contribution is 0.110. The van der Waals surface area contributed by atoms with Crippen molar-refractivity contribution in [1.29, 1.82) is 5.26 Å². The average Bonchev–Trinajstić information content (AvgIpc) is 2.81. The van der Waals surface area contributed by atoms with Crippen LogP contribution in [0.25, 0.3) is 11.3 Å². The Morgan fingerprint density at radius 3 is 2.61 bits per heavy atom. The molecule has 0 saturated carbocycles. The van der Waals surface area contributed by atoms with Gasteiger partial charge in [-0.15, -0.1) is 0 Å². The van der Waals surface area contributed by atoms with Crippen LogP contribution in [0.4, 0.5) is 0 Å². The van der Waals surface area contributed by atoms with Crippen molar-refractivity contribution in [3.63, 3.8) is 0 Å². The molecule has 0 aliphatic heterocycles. The Bertz CT molecular complexity index is 673. The molecule has 1 aromatic carbocycles. The first kappa shape index (κ1) is 13.3. The Hall–Kier alpha value is -1.09. The first-order valence-electron chi connectivity index (χ1n) is 4.71. The number of carbonyl (C=O) groups is 1. The van der Waals surface area contributed by atoms with Gasteiger partial charge < -0.3 is 4.42 Å². The van der Waals surface area contributed by atoms with Gasteiger partial charge in [0.1, 0.15) is 11.8 Å². The van der Waals surface area contributed by atoms with Gasteiger partial charge in [0.15, 0.2) is 12.0 Å². The molecule has 0 N–H and O–H groups in total. The van der Waals surface area contributed by atoms with Crippen LogP contribution in [0.5, 0.6) is 0 Å². The molecule has 90 valence electrons. The lowest BCUT2D eigenvalue weighted by atomic mass is 10.1. The van der Waals surface area contributed by atoms with Gasteiger partial charge in [-0.05, 0) is 50.1 Å². The Kier molecular flexibility index (Phi) is 3.91. The zero-order valence-electron chi connectivity index (χ0n) is 8.71. The predicted octanol–water partition coefficient (Wildman–Crippen LogP) is 4.81. The molecule has 0 bridgehead atoms. The topological polar surface area (TPSA) is 54.0 Å². The van der Waals surface area contributed by atoms with E-state index in [4.69, 9.17) is 16.0 Å². The molecule has 0 aliphatic carbocycles. The molecule has 18 heavy (non-hydrogen) atoms. The van der Waals surface area contributed by atoms with Crippen molar-refractivity contribution in [2.24, 2.45) is 0 Å². The summed E-state index contributed by atoms with van der Waals surface area (Å²) < 4.78 is 6.58. The molecule has 6 heteroatoms. The summed E-state index contributed by atoms with van der Waals surface area (Å²) in [7, 11) is 0. The average molecular weight is 389 g/mol. The fourth-order valence-electron chi connectivity index (χ4n) is 1.49. The molecule has 2 aromatic rings. The zero-order chi connectivity index (χ0) is 13.3. The number of aldehydes is 1. The van der Waals surface area contributed by atoms with E-state index in [9.17, 15) is 10.1 Å². The van der Waals surface area contributed by atoms with Crippen LogP contribution in [0.2, 0.25) is 5.02 Å². The van der Waals surface area contributed by atoms with E-state index in [2.05, 4.69) is 31.9 Å². The Morgan fingerprint density at radius 1 is 1.33 bits per heavy atom. The molecule has 0 atom stereocenters. The number of rotatable bonds is 2. The molecule has 1 heterocycles. The van der Waals surface area contributed by atoms with Crippen molar-refractivity contribution >= 4 is 49.7 Å². The van der Waals surface area contributed by atoms with Gasteiger partial charge in [-0.1, -0.05) is 11.6 Å². The van der Waals surface area contributed by atoms with E-state index in [-0.39, 0.29) is 11.3 Å². The third kappa shape index (κ3) is 2.24. The van der Waals surface area contributed by atoms with E-state index in [1.807, 2.05) is 6.07 Å². The van der Waals surface area contributed by atoms with Gasteiger partial charge in [-0.2, -0.15) is 5.26 Å². The highest BCUT2D eigenvalue weighted by molar-refractivity contribution is 9.11. The van der Waals surface area contributed by atoms with Gasteiger partial charge >= 0.3 is 0 Å². The van der Waals surface area contributed by atoms with Crippen LogP contribution in [0.3, 0.4) is 0 Å². The molecule has 0 fully saturated rings. The van der Waals surface area contributed by atoms with E-state index >= 15 is 0 Å². The number of halogens is 3. The monoisotopic (exact) mass is 387 g/mol. The zero-order valence-corrected chi connectivity index (χ0v) is 12.6. The maximum atomic E-state index is 10.6. The van der Waals surface area contributed by atoms with E-state index in [0.29, 0.717) is 31.6 Å². The van der Waals surface area contributed by atoms with Gasteiger partial charge in [-0.25, -0.2) is 0 Å². The van der Waals surface area contributed by atoms with E-state index < -0.39 is 0 Å². The minimum absolute atomic E-state index is 0.194. The summed E-state index contributed by atoms with van der Waals surface area (Å²) in [5.74, 6) is 0.606. The summed E-state index contributed by atoms with van der Waals surface area (Å²) in [5.41, 5.74) is 0.809. The van der Waals surface area contributed by atoms with E-state index in [1.165, 1.54) is 6.07 Å². The fraction of sp³-hybridized carbons (Fsp3) is 0. The van der Waals surface area contributed by atoms with Crippen molar-refractivity contribution in [3.05, 3.63) is 43.5 Å². The molecular weight excluding hydrogens is 385 g/mol. The second-order valence-electron chi connectivity index (χ2n) is 3.34. The second kappa shape index (κ2) is 5.27. The Labute approximate surface area is 125 Å². The Morgan fingerprint density at radius 2 is 2.06 bits per heavy atom. The molecule has 0 radical (unpaired) electrons. The number of furan rings is 1. The summed E-state index contributed by atoms with van der Waals surface area (Å²) in [6.45, 7) is 0. The standard InChI is InChI=1S/C12H4Br2ClNO2/c13-8-3-9(14)12(15)7(4-16)11(8)10-2-1-6(5-17)18-10/h1-3,5H. The summed E-state index contributed by atoms with van der Waals surface area (Å²) in [6, 6.07) is 6.91. The third-order valence-corrected chi connectivity index (χ3v) is 4.14. The number of nitriles is 1. The quantitative estimate of drug-likeness (QED) is 0.547. The normalized spacial score (nSPS) is 10.1. The molecule has 0 aliphatic rings. The number of hydrogen-bond acceptors (Lipinski definition) is 3. The molecular formula is C12H4Br2ClNO2. The first-order chi connectivity index (χ1) is 8.58. The molecule has 2 rings (SSSR count). The van der Waals surface area contributed by atoms with Crippen molar-refractivity contribution < 1.29 is 9.21 Å². The van der Waals surface area contributed by atoms with Crippen LogP contribution in [-0.4, -0.2) is 6.29 Å². The summed E-state index contributed by atoms with van der Waals surface area (Å²) in [6.07, 6.45) is 0.601. The molecule has 0 unspecified atom stereocenters. The van der Waals surface area contributed by atoms with Crippen molar-refractivity contribution in [2.75, 3.05) is 0 Å². The summed E-state index contributed by atoms with van der Waals surface area (Å²) >= 11 is 12.7. The van der Waals surface area contributed by atoms with Gasteiger partial charge in [0, 0.05) is 8.95 Å². The van der Waals surface area contributed by atoms with Gasteiger partial charge in [0.2, 0.25) is 0 Å². The summed E-state index contributed by atoms with van der Waals surface area (Å²) in [4.78, 5) is 10.6. The molecule has 0 saturated heterocycles. The van der Waals surface area contributed by atoms with Crippen molar-refractivity contribution in [3.8, 4) is 17.4 Å². The number of nitrogens with zero attached hydrogens (tertiary/aromatic N) is 1. The van der Waals surface area contributed by atoms with E-state index in [0.717, 1.165) is 0 Å². The van der Waals surface area contributed by atoms with Gasteiger partial charge in [-0.3, -0.25) is 4.79 Å². The van der Waals surface area contributed by atoms with Crippen LogP contribution < -0.4 is 0 Å². The largest absolute Gasteiger partial charge is 0.453 e. The maximum Gasteiger partial charge on any atom is 0.185 e. The molecule has 0 amide bonds. The van der Waals surface area contributed by atoms with Crippen LogP contribution >= 0.6 is 43.5 Å². The SMILES string of the molecule is N#Cc1c(Cl)c(Br)cc(Br)c1-c1ccc(C=O)o1. The highest BCUT2D eigenvalue weighted by Crippen LogP contribution is 2.40. The number of benzene rings is 1. The lowest BCUT2D eigenvalue weighted by Crippen LogP contribution is -1.88. The van der Waals surface area contributed by atoms with Gasteiger partial charge in [0.05, 0.1) is 16.1 Å².